The van der Waals surface area contributed by atoms with Gasteiger partial charge in [-0.25, -0.2) is 4.39 Å². The Morgan fingerprint density at radius 2 is 2.29 bits per heavy atom. The molecule has 1 aromatic carbocycles. The molecule has 0 aliphatic carbocycles. The van der Waals surface area contributed by atoms with Gasteiger partial charge in [-0.2, -0.15) is 0 Å². The SMILES string of the molecule is CCc1cccc(C(F)C=O)c1OC. The predicted octanol–water partition coefficient (Wildman–Crippen LogP) is 2.47. The standard InChI is InChI=1S/C11H13FO2/c1-3-8-5-4-6-9(10(12)7-13)11(8)14-2/h4-7,10H,3H2,1-2H3. The van der Waals surface area contributed by atoms with E-state index in [-0.39, 0.29) is 6.29 Å². The predicted molar refractivity (Wildman–Crippen MR) is 52.3 cm³/mol. The number of halogens is 1. The van der Waals surface area contributed by atoms with Gasteiger partial charge in [0.25, 0.3) is 0 Å². The Kier molecular flexibility index (Phi) is 3.63. The number of ether oxygens (including phenoxy) is 1. The van der Waals surface area contributed by atoms with E-state index >= 15 is 0 Å². The molecular weight excluding hydrogens is 183 g/mol. The summed E-state index contributed by atoms with van der Waals surface area (Å²) in [6.07, 6.45) is -0.573. The first kappa shape index (κ1) is 10.7. The van der Waals surface area contributed by atoms with Gasteiger partial charge in [-0.1, -0.05) is 25.1 Å². The van der Waals surface area contributed by atoms with Crippen LogP contribution in [-0.2, 0) is 11.2 Å². The van der Waals surface area contributed by atoms with Gasteiger partial charge >= 0.3 is 0 Å². The average molecular weight is 196 g/mol. The number of aldehydes is 1. The van der Waals surface area contributed by atoms with Crippen LogP contribution in [0.25, 0.3) is 0 Å². The molecule has 3 heteroatoms. The van der Waals surface area contributed by atoms with E-state index < -0.39 is 6.17 Å². The van der Waals surface area contributed by atoms with E-state index in [1.807, 2.05) is 13.0 Å². The molecule has 0 N–H and O–H groups in total. The van der Waals surface area contributed by atoms with Crippen molar-refractivity contribution in [2.75, 3.05) is 7.11 Å². The number of carbonyl (C=O) groups excluding carboxylic acids is 1. The largest absolute Gasteiger partial charge is 0.496 e. The van der Waals surface area contributed by atoms with Gasteiger partial charge in [-0.15, -0.1) is 0 Å². The lowest BCUT2D eigenvalue weighted by Gasteiger charge is -2.12. The lowest BCUT2D eigenvalue weighted by molar-refractivity contribution is -0.112. The molecule has 0 bridgehead atoms. The molecule has 0 fully saturated rings. The second-order valence-electron chi connectivity index (χ2n) is 2.93. The minimum atomic E-state index is -1.60. The van der Waals surface area contributed by atoms with Crippen LogP contribution in [0.2, 0.25) is 0 Å². The normalized spacial score (nSPS) is 12.2. The third kappa shape index (κ3) is 1.92. The van der Waals surface area contributed by atoms with E-state index in [4.69, 9.17) is 4.74 Å². The van der Waals surface area contributed by atoms with Gasteiger partial charge in [-0.05, 0) is 12.0 Å². The van der Waals surface area contributed by atoms with E-state index in [1.165, 1.54) is 7.11 Å². The van der Waals surface area contributed by atoms with Crippen molar-refractivity contribution in [1.29, 1.82) is 0 Å². The summed E-state index contributed by atoms with van der Waals surface area (Å²) in [4.78, 5) is 10.3. The summed E-state index contributed by atoms with van der Waals surface area (Å²) >= 11 is 0. The molecule has 1 aromatic rings. The molecular formula is C11H13FO2. The summed E-state index contributed by atoms with van der Waals surface area (Å²) in [6.45, 7) is 1.95. The highest BCUT2D eigenvalue weighted by Crippen LogP contribution is 2.30. The maximum absolute atomic E-state index is 13.2. The first-order valence-corrected chi connectivity index (χ1v) is 4.49. The maximum atomic E-state index is 13.2. The molecule has 0 aliphatic rings. The van der Waals surface area contributed by atoms with E-state index in [1.54, 1.807) is 12.1 Å². The summed E-state index contributed by atoms with van der Waals surface area (Å²) in [5.41, 5.74) is 1.22. The summed E-state index contributed by atoms with van der Waals surface area (Å²) < 4.78 is 18.3. The van der Waals surface area contributed by atoms with Crippen LogP contribution in [0.1, 0.15) is 24.2 Å². The van der Waals surface area contributed by atoms with Crippen LogP contribution >= 0.6 is 0 Å². The number of benzene rings is 1. The maximum Gasteiger partial charge on any atom is 0.184 e. The molecule has 0 saturated heterocycles. The van der Waals surface area contributed by atoms with Crippen molar-refractivity contribution in [1.82, 2.24) is 0 Å². The second kappa shape index (κ2) is 4.74. The van der Waals surface area contributed by atoms with Crippen molar-refractivity contribution in [2.24, 2.45) is 0 Å². The summed E-state index contributed by atoms with van der Waals surface area (Å²) in [5.74, 6) is 0.481. The zero-order valence-electron chi connectivity index (χ0n) is 8.29. The Hall–Kier alpha value is -1.38. The lowest BCUT2D eigenvalue weighted by atomic mass is 10.0. The van der Waals surface area contributed by atoms with Crippen molar-refractivity contribution in [3.05, 3.63) is 29.3 Å². The fourth-order valence-electron chi connectivity index (χ4n) is 1.42. The van der Waals surface area contributed by atoms with Gasteiger partial charge in [0.2, 0.25) is 0 Å². The molecule has 1 unspecified atom stereocenters. The number of aryl methyl sites for hydroxylation is 1. The van der Waals surface area contributed by atoms with Crippen molar-refractivity contribution in [3.63, 3.8) is 0 Å². The van der Waals surface area contributed by atoms with Gasteiger partial charge in [0.1, 0.15) is 5.75 Å². The first-order chi connectivity index (χ1) is 6.74. The van der Waals surface area contributed by atoms with Crippen molar-refractivity contribution in [2.45, 2.75) is 19.5 Å². The zero-order chi connectivity index (χ0) is 10.6. The second-order valence-corrected chi connectivity index (χ2v) is 2.93. The molecule has 1 rings (SSSR count). The van der Waals surface area contributed by atoms with Crippen molar-refractivity contribution in [3.8, 4) is 5.75 Å². The summed E-state index contributed by atoms with van der Waals surface area (Å²) in [6, 6.07) is 5.16. The van der Waals surface area contributed by atoms with Crippen LogP contribution in [0.3, 0.4) is 0 Å². The Morgan fingerprint density at radius 1 is 1.57 bits per heavy atom. The van der Waals surface area contributed by atoms with Crippen molar-refractivity contribution >= 4 is 6.29 Å². The average Bonchev–Trinajstić information content (AvgIpc) is 2.26. The van der Waals surface area contributed by atoms with Gasteiger partial charge in [0.15, 0.2) is 12.5 Å². The highest BCUT2D eigenvalue weighted by atomic mass is 19.1. The van der Waals surface area contributed by atoms with Crippen LogP contribution in [0, 0.1) is 0 Å². The number of para-hydroxylation sites is 1. The Morgan fingerprint density at radius 3 is 2.79 bits per heavy atom. The molecule has 0 aromatic heterocycles. The van der Waals surface area contributed by atoms with Crippen LogP contribution in [0.4, 0.5) is 4.39 Å². The third-order valence-corrected chi connectivity index (χ3v) is 2.13. The molecule has 14 heavy (non-hydrogen) atoms. The molecule has 0 spiro atoms. The molecule has 0 amide bonds. The Labute approximate surface area is 82.7 Å². The number of hydrogen-bond donors (Lipinski definition) is 0. The number of rotatable bonds is 4. The number of methoxy groups -OCH3 is 1. The molecule has 76 valence electrons. The van der Waals surface area contributed by atoms with Gasteiger partial charge < -0.3 is 4.74 Å². The third-order valence-electron chi connectivity index (χ3n) is 2.13. The fraction of sp³-hybridized carbons (Fsp3) is 0.364. The summed E-state index contributed by atoms with van der Waals surface area (Å²) in [7, 11) is 1.48. The number of hydrogen-bond acceptors (Lipinski definition) is 2. The monoisotopic (exact) mass is 196 g/mol. The molecule has 0 saturated carbocycles. The van der Waals surface area contributed by atoms with E-state index in [0.717, 1.165) is 12.0 Å². The van der Waals surface area contributed by atoms with Gasteiger partial charge in [0, 0.05) is 5.56 Å². The number of carbonyl (C=O) groups is 1. The van der Waals surface area contributed by atoms with Crippen molar-refractivity contribution < 1.29 is 13.9 Å². The van der Waals surface area contributed by atoms with Crippen LogP contribution in [-0.4, -0.2) is 13.4 Å². The van der Waals surface area contributed by atoms with Crippen LogP contribution in [0.5, 0.6) is 5.75 Å². The quantitative estimate of drug-likeness (QED) is 0.691. The molecule has 1 atom stereocenters. The van der Waals surface area contributed by atoms with E-state index in [2.05, 4.69) is 0 Å². The molecule has 0 heterocycles. The Bertz CT molecular complexity index is 323. The van der Waals surface area contributed by atoms with Crippen LogP contribution in [0.15, 0.2) is 18.2 Å². The fourth-order valence-corrected chi connectivity index (χ4v) is 1.42. The van der Waals surface area contributed by atoms with Crippen LogP contribution < -0.4 is 4.74 Å². The molecule has 0 radical (unpaired) electrons. The first-order valence-electron chi connectivity index (χ1n) is 4.49. The molecule has 2 nitrogen and oxygen atoms in total. The lowest BCUT2D eigenvalue weighted by Crippen LogP contribution is -2.00. The minimum absolute atomic E-state index is 0.275. The minimum Gasteiger partial charge on any atom is -0.496 e. The van der Waals surface area contributed by atoms with E-state index in [0.29, 0.717) is 11.3 Å². The molecule has 0 aliphatic heterocycles. The topological polar surface area (TPSA) is 26.3 Å². The van der Waals surface area contributed by atoms with E-state index in [9.17, 15) is 9.18 Å². The Balaban J connectivity index is 3.21. The number of alkyl halides is 1. The van der Waals surface area contributed by atoms with Gasteiger partial charge in [-0.3, -0.25) is 4.79 Å². The van der Waals surface area contributed by atoms with Gasteiger partial charge in [0.05, 0.1) is 7.11 Å². The highest BCUT2D eigenvalue weighted by molar-refractivity contribution is 5.63. The summed E-state index contributed by atoms with van der Waals surface area (Å²) in [5, 5.41) is 0. The highest BCUT2D eigenvalue weighted by Gasteiger charge is 2.15. The smallest absolute Gasteiger partial charge is 0.184 e. The zero-order valence-corrected chi connectivity index (χ0v) is 8.29.